The van der Waals surface area contributed by atoms with E-state index in [-0.39, 0.29) is 11.8 Å². The van der Waals surface area contributed by atoms with Crippen molar-refractivity contribution in [3.63, 3.8) is 0 Å². The van der Waals surface area contributed by atoms with Crippen LogP contribution < -0.4 is 10.1 Å². The second-order valence-electron chi connectivity index (χ2n) is 7.33. The lowest BCUT2D eigenvalue weighted by atomic mass is 9.89. The van der Waals surface area contributed by atoms with E-state index < -0.39 is 0 Å². The number of hydrogen-bond donors (Lipinski definition) is 1. The molecule has 138 valence electrons. The van der Waals surface area contributed by atoms with E-state index in [0.717, 1.165) is 28.1 Å². The summed E-state index contributed by atoms with van der Waals surface area (Å²) in [6, 6.07) is 18.4. The maximum absolute atomic E-state index is 12.4. The van der Waals surface area contributed by atoms with Gasteiger partial charge in [0.1, 0.15) is 5.75 Å². The van der Waals surface area contributed by atoms with Gasteiger partial charge in [-0.25, -0.2) is 0 Å². The first-order valence-electron chi connectivity index (χ1n) is 9.31. The van der Waals surface area contributed by atoms with Crippen LogP contribution in [0.3, 0.4) is 0 Å². The molecule has 0 radical (unpaired) electrons. The molecule has 27 heavy (non-hydrogen) atoms. The molecule has 1 N–H and O–H groups in total. The van der Waals surface area contributed by atoms with Gasteiger partial charge in [-0.1, -0.05) is 56.3 Å². The molecule has 0 saturated carbocycles. The molecule has 1 unspecified atom stereocenters. The number of anilines is 1. The molecule has 4 heteroatoms. The van der Waals surface area contributed by atoms with Gasteiger partial charge in [0.15, 0.2) is 0 Å². The SMILES string of the molecule is CC(C)COc1ccc(C2CC(=O)Nc3c(-c4ccccc4)csc32)cc1. The van der Waals surface area contributed by atoms with Crippen molar-refractivity contribution in [2.75, 3.05) is 11.9 Å². The smallest absolute Gasteiger partial charge is 0.225 e. The standard InChI is InChI=1S/C23H23NO2S/c1-15(2)13-26-18-10-8-17(9-11-18)19-12-21(25)24-22-20(14-27-23(19)22)16-6-4-3-5-7-16/h3-11,14-15,19H,12-13H2,1-2H3,(H,24,25). The third-order valence-electron chi connectivity index (χ3n) is 4.74. The number of fused-ring (bicyclic) bond motifs is 1. The number of ether oxygens (including phenoxy) is 1. The molecule has 1 atom stereocenters. The Balaban J connectivity index is 1.64. The first-order chi connectivity index (χ1) is 13.1. The molecule has 3 aromatic rings. The lowest BCUT2D eigenvalue weighted by Crippen LogP contribution is -2.22. The normalized spacial score (nSPS) is 16.1. The van der Waals surface area contributed by atoms with E-state index in [4.69, 9.17) is 4.74 Å². The van der Waals surface area contributed by atoms with Crippen molar-refractivity contribution in [1.82, 2.24) is 0 Å². The highest BCUT2D eigenvalue weighted by molar-refractivity contribution is 7.11. The fourth-order valence-corrected chi connectivity index (χ4v) is 4.55. The van der Waals surface area contributed by atoms with Crippen LogP contribution in [0.5, 0.6) is 5.75 Å². The van der Waals surface area contributed by atoms with Crippen molar-refractivity contribution in [2.24, 2.45) is 5.92 Å². The van der Waals surface area contributed by atoms with Crippen LogP contribution in [0, 0.1) is 5.92 Å². The van der Waals surface area contributed by atoms with Gasteiger partial charge in [0.05, 0.1) is 12.3 Å². The molecule has 2 aromatic carbocycles. The fourth-order valence-electron chi connectivity index (χ4n) is 3.39. The molecule has 4 rings (SSSR count). The van der Waals surface area contributed by atoms with Gasteiger partial charge in [-0.15, -0.1) is 11.3 Å². The second-order valence-corrected chi connectivity index (χ2v) is 8.24. The third kappa shape index (κ3) is 3.76. The summed E-state index contributed by atoms with van der Waals surface area (Å²) >= 11 is 1.72. The Labute approximate surface area is 164 Å². The fraction of sp³-hybridized carbons (Fsp3) is 0.261. The van der Waals surface area contributed by atoms with E-state index in [2.05, 4.69) is 48.8 Å². The third-order valence-corrected chi connectivity index (χ3v) is 5.84. The van der Waals surface area contributed by atoms with E-state index in [1.807, 2.05) is 30.3 Å². The minimum absolute atomic E-state index is 0.0724. The van der Waals surface area contributed by atoms with Crippen LogP contribution >= 0.6 is 11.3 Å². The summed E-state index contributed by atoms with van der Waals surface area (Å²) < 4.78 is 5.79. The average Bonchev–Trinajstić information content (AvgIpc) is 3.10. The van der Waals surface area contributed by atoms with Crippen LogP contribution in [0.2, 0.25) is 0 Å². The van der Waals surface area contributed by atoms with Gasteiger partial charge in [-0.2, -0.15) is 0 Å². The van der Waals surface area contributed by atoms with Crippen LogP contribution in [-0.2, 0) is 4.79 Å². The van der Waals surface area contributed by atoms with E-state index in [1.165, 1.54) is 4.88 Å². The first kappa shape index (κ1) is 17.8. The van der Waals surface area contributed by atoms with Crippen molar-refractivity contribution in [1.29, 1.82) is 0 Å². The highest BCUT2D eigenvalue weighted by atomic mass is 32.1. The van der Waals surface area contributed by atoms with E-state index in [9.17, 15) is 4.79 Å². The Bertz CT molecular complexity index is 929. The molecule has 2 heterocycles. The van der Waals surface area contributed by atoms with Crippen molar-refractivity contribution >= 4 is 22.9 Å². The number of nitrogens with one attached hydrogen (secondary N) is 1. The molecular weight excluding hydrogens is 354 g/mol. The topological polar surface area (TPSA) is 38.3 Å². The number of amides is 1. The molecule has 3 nitrogen and oxygen atoms in total. The minimum atomic E-state index is 0.0724. The summed E-state index contributed by atoms with van der Waals surface area (Å²) in [5, 5.41) is 5.25. The van der Waals surface area contributed by atoms with Gasteiger partial charge >= 0.3 is 0 Å². The molecular formula is C23H23NO2S. The zero-order valence-corrected chi connectivity index (χ0v) is 16.4. The Kier molecular flexibility index (Phi) is 4.99. The Morgan fingerprint density at radius 2 is 1.85 bits per heavy atom. The summed E-state index contributed by atoms with van der Waals surface area (Å²) in [7, 11) is 0. The number of carbonyl (C=O) groups is 1. The minimum Gasteiger partial charge on any atom is -0.493 e. The van der Waals surface area contributed by atoms with Crippen molar-refractivity contribution < 1.29 is 9.53 Å². The van der Waals surface area contributed by atoms with Gasteiger partial charge < -0.3 is 10.1 Å². The Morgan fingerprint density at radius 1 is 1.11 bits per heavy atom. The summed E-state index contributed by atoms with van der Waals surface area (Å²) in [6.07, 6.45) is 0.480. The highest BCUT2D eigenvalue weighted by Gasteiger charge is 2.30. The first-order valence-corrected chi connectivity index (χ1v) is 10.2. The molecule has 0 bridgehead atoms. The number of hydrogen-bond acceptors (Lipinski definition) is 3. The maximum atomic E-state index is 12.4. The van der Waals surface area contributed by atoms with Crippen molar-refractivity contribution in [3.8, 4) is 16.9 Å². The molecule has 0 aliphatic carbocycles. The summed E-state index contributed by atoms with van der Waals surface area (Å²) in [5.74, 6) is 1.54. The Morgan fingerprint density at radius 3 is 2.56 bits per heavy atom. The van der Waals surface area contributed by atoms with Gasteiger partial charge in [-0.05, 0) is 29.2 Å². The second kappa shape index (κ2) is 7.57. The van der Waals surface area contributed by atoms with Crippen molar-refractivity contribution in [3.05, 3.63) is 70.4 Å². The monoisotopic (exact) mass is 377 g/mol. The summed E-state index contributed by atoms with van der Waals surface area (Å²) in [5.41, 5.74) is 4.36. The lowest BCUT2D eigenvalue weighted by Gasteiger charge is -2.24. The summed E-state index contributed by atoms with van der Waals surface area (Å²) in [6.45, 7) is 4.98. The van der Waals surface area contributed by atoms with Crippen LogP contribution in [0.25, 0.3) is 11.1 Å². The molecule has 1 amide bonds. The van der Waals surface area contributed by atoms with Crippen LogP contribution in [0.4, 0.5) is 5.69 Å². The van der Waals surface area contributed by atoms with E-state index in [1.54, 1.807) is 11.3 Å². The maximum Gasteiger partial charge on any atom is 0.225 e. The molecule has 1 aliphatic rings. The number of thiophene rings is 1. The zero-order chi connectivity index (χ0) is 18.8. The largest absolute Gasteiger partial charge is 0.493 e. The quantitative estimate of drug-likeness (QED) is 0.599. The van der Waals surface area contributed by atoms with E-state index in [0.29, 0.717) is 18.9 Å². The predicted octanol–water partition coefficient (Wildman–Crippen LogP) is 5.92. The molecule has 1 aromatic heterocycles. The lowest BCUT2D eigenvalue weighted by molar-refractivity contribution is -0.116. The highest BCUT2D eigenvalue weighted by Crippen LogP contribution is 2.46. The average molecular weight is 378 g/mol. The van der Waals surface area contributed by atoms with Crippen LogP contribution in [-0.4, -0.2) is 12.5 Å². The van der Waals surface area contributed by atoms with Gasteiger partial charge in [-0.3, -0.25) is 4.79 Å². The molecule has 0 fully saturated rings. The zero-order valence-electron chi connectivity index (χ0n) is 15.6. The van der Waals surface area contributed by atoms with Gasteiger partial charge in [0.25, 0.3) is 0 Å². The molecule has 0 spiro atoms. The van der Waals surface area contributed by atoms with Crippen molar-refractivity contribution in [2.45, 2.75) is 26.2 Å². The summed E-state index contributed by atoms with van der Waals surface area (Å²) in [4.78, 5) is 13.6. The number of benzene rings is 2. The predicted molar refractivity (Wildman–Crippen MR) is 112 cm³/mol. The van der Waals surface area contributed by atoms with Gasteiger partial charge in [0.2, 0.25) is 5.91 Å². The number of rotatable bonds is 5. The molecule has 0 saturated heterocycles. The Hall–Kier alpha value is -2.59. The van der Waals surface area contributed by atoms with Gasteiger partial charge in [0, 0.05) is 28.2 Å². The molecule has 1 aliphatic heterocycles. The number of carbonyl (C=O) groups excluding carboxylic acids is 1. The van der Waals surface area contributed by atoms with E-state index >= 15 is 0 Å². The van der Waals surface area contributed by atoms with Crippen LogP contribution in [0.1, 0.15) is 36.6 Å². The van der Waals surface area contributed by atoms with Crippen LogP contribution in [0.15, 0.2) is 60.0 Å².